The van der Waals surface area contributed by atoms with Gasteiger partial charge in [0.1, 0.15) is 9.84 Å². The van der Waals surface area contributed by atoms with Gasteiger partial charge >= 0.3 is 0 Å². The lowest BCUT2D eigenvalue weighted by atomic mass is 10.1. The average molecular weight is 279 g/mol. The molecule has 0 saturated carbocycles. The lowest BCUT2D eigenvalue weighted by molar-refractivity contribution is 0.598. The topological polar surface area (TPSA) is 85.1 Å². The van der Waals surface area contributed by atoms with E-state index in [2.05, 4.69) is 10.3 Å². The first kappa shape index (κ1) is 13.6. The van der Waals surface area contributed by atoms with E-state index in [1.165, 1.54) is 6.26 Å². The summed E-state index contributed by atoms with van der Waals surface area (Å²) in [5.74, 6) is 0.0670. The number of benzene rings is 1. The van der Waals surface area contributed by atoms with Crippen LogP contribution in [0.3, 0.4) is 0 Å². The van der Waals surface area contributed by atoms with Crippen LogP contribution < -0.4 is 11.1 Å². The molecule has 0 fully saturated rings. The average Bonchev–Trinajstić information content (AvgIpc) is 2.31. The molecular weight excluding hydrogens is 262 g/mol. The van der Waals surface area contributed by atoms with Crippen molar-refractivity contribution in [3.8, 4) is 0 Å². The molecule has 1 aromatic carbocycles. The molecule has 1 aromatic heterocycles. The van der Waals surface area contributed by atoms with Gasteiger partial charge in [0.05, 0.1) is 22.6 Å². The fourth-order valence-electron chi connectivity index (χ4n) is 2.06. The summed E-state index contributed by atoms with van der Waals surface area (Å²) in [7, 11) is -3.01. The van der Waals surface area contributed by atoms with Crippen LogP contribution in [0.25, 0.3) is 10.9 Å². The van der Waals surface area contributed by atoms with Crippen molar-refractivity contribution in [3.63, 3.8) is 0 Å². The second-order valence-electron chi connectivity index (χ2n) is 4.73. The molecule has 2 rings (SSSR count). The third-order valence-corrected chi connectivity index (χ3v) is 3.89. The van der Waals surface area contributed by atoms with E-state index in [1.54, 1.807) is 6.20 Å². The molecule has 0 amide bonds. The predicted octanol–water partition coefficient (Wildman–Crippen LogP) is 1.66. The van der Waals surface area contributed by atoms with Crippen LogP contribution in [0.5, 0.6) is 0 Å². The molecule has 1 unspecified atom stereocenters. The number of sulfone groups is 1. The summed E-state index contributed by atoms with van der Waals surface area (Å²) in [6.07, 6.45) is 2.93. The lowest BCUT2D eigenvalue weighted by Crippen LogP contribution is -2.25. The Kier molecular flexibility index (Phi) is 3.61. The molecule has 19 heavy (non-hydrogen) atoms. The van der Waals surface area contributed by atoms with E-state index in [1.807, 2.05) is 31.2 Å². The second kappa shape index (κ2) is 5.05. The summed E-state index contributed by atoms with van der Waals surface area (Å²) >= 11 is 0. The van der Waals surface area contributed by atoms with Crippen LogP contribution in [0.2, 0.25) is 0 Å². The lowest BCUT2D eigenvalue weighted by Gasteiger charge is -2.16. The van der Waals surface area contributed by atoms with Crippen LogP contribution in [-0.2, 0) is 9.84 Å². The zero-order valence-electron chi connectivity index (χ0n) is 10.9. The van der Waals surface area contributed by atoms with Gasteiger partial charge in [-0.2, -0.15) is 0 Å². The number of anilines is 2. The number of rotatable bonds is 4. The smallest absolute Gasteiger partial charge is 0.149 e. The van der Waals surface area contributed by atoms with E-state index in [-0.39, 0.29) is 11.8 Å². The zero-order chi connectivity index (χ0) is 14.0. The molecule has 1 atom stereocenters. The molecular formula is C13H17N3O2S. The number of nitrogens with one attached hydrogen (secondary N) is 1. The summed E-state index contributed by atoms with van der Waals surface area (Å²) in [6.45, 7) is 1.81. The van der Waals surface area contributed by atoms with Crippen LogP contribution in [-0.4, -0.2) is 31.5 Å². The van der Waals surface area contributed by atoms with Crippen molar-refractivity contribution in [1.29, 1.82) is 0 Å². The molecule has 5 nitrogen and oxygen atoms in total. The van der Waals surface area contributed by atoms with Gasteiger partial charge in [0, 0.05) is 23.9 Å². The maximum atomic E-state index is 11.2. The van der Waals surface area contributed by atoms with E-state index in [9.17, 15) is 8.42 Å². The number of hydrogen-bond donors (Lipinski definition) is 2. The molecule has 0 spiro atoms. The maximum Gasteiger partial charge on any atom is 0.149 e. The Hall–Kier alpha value is -1.82. The van der Waals surface area contributed by atoms with Crippen LogP contribution in [0.1, 0.15) is 6.92 Å². The van der Waals surface area contributed by atoms with E-state index in [0.29, 0.717) is 5.69 Å². The van der Waals surface area contributed by atoms with E-state index >= 15 is 0 Å². The van der Waals surface area contributed by atoms with Crippen LogP contribution in [0.4, 0.5) is 11.4 Å². The van der Waals surface area contributed by atoms with Crippen molar-refractivity contribution >= 4 is 32.1 Å². The third-order valence-electron chi connectivity index (χ3n) is 2.78. The summed E-state index contributed by atoms with van der Waals surface area (Å²) in [4.78, 5) is 4.22. The normalized spacial score (nSPS) is 13.4. The van der Waals surface area contributed by atoms with Crippen molar-refractivity contribution in [3.05, 3.63) is 30.5 Å². The van der Waals surface area contributed by atoms with Gasteiger partial charge < -0.3 is 11.1 Å². The number of fused-ring (bicyclic) bond motifs is 1. The van der Waals surface area contributed by atoms with Gasteiger partial charge in [-0.3, -0.25) is 4.98 Å². The predicted molar refractivity (Wildman–Crippen MR) is 79.0 cm³/mol. The molecule has 0 aliphatic carbocycles. The first-order chi connectivity index (χ1) is 8.87. The number of nitrogens with zero attached hydrogens (tertiary/aromatic N) is 1. The number of nitrogens with two attached hydrogens (primary N) is 1. The number of hydrogen-bond acceptors (Lipinski definition) is 5. The Balaban J connectivity index is 2.29. The highest BCUT2D eigenvalue weighted by Crippen LogP contribution is 2.27. The Bertz CT molecular complexity index is 698. The standard InChI is InChI=1S/C13H17N3O2S/c1-9(8-19(2,17)18)16-12-6-5-11-10(13(12)14)4-3-7-15-11/h3-7,9,16H,8,14H2,1-2H3. The first-order valence-electron chi connectivity index (χ1n) is 5.94. The number of nitrogen functional groups attached to an aromatic ring is 1. The van der Waals surface area contributed by atoms with Gasteiger partial charge in [0.25, 0.3) is 0 Å². The highest BCUT2D eigenvalue weighted by atomic mass is 32.2. The number of aromatic nitrogens is 1. The van der Waals surface area contributed by atoms with Crippen molar-refractivity contribution in [2.45, 2.75) is 13.0 Å². The molecule has 0 saturated heterocycles. The largest absolute Gasteiger partial charge is 0.397 e. The highest BCUT2D eigenvalue weighted by Gasteiger charge is 2.12. The zero-order valence-corrected chi connectivity index (χ0v) is 11.7. The summed E-state index contributed by atoms with van der Waals surface area (Å²) in [6, 6.07) is 7.20. The van der Waals surface area contributed by atoms with Crippen molar-refractivity contribution in [2.75, 3.05) is 23.1 Å². The van der Waals surface area contributed by atoms with Gasteiger partial charge in [-0.1, -0.05) is 0 Å². The maximum absolute atomic E-state index is 11.2. The fourth-order valence-corrected chi connectivity index (χ4v) is 3.05. The van der Waals surface area contributed by atoms with Gasteiger partial charge in [-0.15, -0.1) is 0 Å². The molecule has 3 N–H and O–H groups in total. The van der Waals surface area contributed by atoms with Crippen LogP contribution in [0.15, 0.2) is 30.5 Å². The summed E-state index contributed by atoms with van der Waals surface area (Å²) in [5.41, 5.74) is 8.22. The fraction of sp³-hybridized carbons (Fsp3) is 0.308. The van der Waals surface area contributed by atoms with Crippen LogP contribution >= 0.6 is 0 Å². The van der Waals surface area contributed by atoms with Gasteiger partial charge in [0.15, 0.2) is 0 Å². The minimum absolute atomic E-state index is 0.0670. The van der Waals surface area contributed by atoms with Crippen molar-refractivity contribution < 1.29 is 8.42 Å². The molecule has 0 aliphatic rings. The first-order valence-corrected chi connectivity index (χ1v) is 8.00. The van der Waals surface area contributed by atoms with Crippen molar-refractivity contribution in [2.24, 2.45) is 0 Å². The molecule has 0 bridgehead atoms. The monoisotopic (exact) mass is 279 g/mol. The minimum atomic E-state index is -3.01. The third kappa shape index (κ3) is 3.35. The van der Waals surface area contributed by atoms with E-state index in [4.69, 9.17) is 5.73 Å². The van der Waals surface area contributed by atoms with Crippen molar-refractivity contribution in [1.82, 2.24) is 4.98 Å². The molecule has 2 aromatic rings. The molecule has 0 aliphatic heterocycles. The van der Waals surface area contributed by atoms with Gasteiger partial charge in [-0.25, -0.2) is 8.42 Å². The van der Waals surface area contributed by atoms with E-state index in [0.717, 1.165) is 16.6 Å². The highest BCUT2D eigenvalue weighted by molar-refractivity contribution is 7.90. The van der Waals surface area contributed by atoms with Crippen LogP contribution in [0, 0.1) is 0 Å². The SMILES string of the molecule is CC(CS(C)(=O)=O)Nc1ccc2ncccc2c1N. The molecule has 6 heteroatoms. The van der Waals surface area contributed by atoms with Gasteiger partial charge in [-0.05, 0) is 31.2 Å². The molecule has 1 heterocycles. The van der Waals surface area contributed by atoms with E-state index < -0.39 is 9.84 Å². The Labute approximate surface area is 112 Å². The number of pyridine rings is 1. The Morgan fingerprint density at radius 1 is 1.37 bits per heavy atom. The summed E-state index contributed by atoms with van der Waals surface area (Å²) in [5, 5.41) is 3.99. The Morgan fingerprint density at radius 3 is 2.79 bits per heavy atom. The van der Waals surface area contributed by atoms with Gasteiger partial charge in [0.2, 0.25) is 0 Å². The molecule has 0 radical (unpaired) electrons. The minimum Gasteiger partial charge on any atom is -0.397 e. The summed E-state index contributed by atoms with van der Waals surface area (Å²) < 4.78 is 22.5. The quantitative estimate of drug-likeness (QED) is 0.831. The Morgan fingerprint density at radius 2 is 2.11 bits per heavy atom. The second-order valence-corrected chi connectivity index (χ2v) is 6.92. The molecule has 102 valence electrons.